The lowest BCUT2D eigenvalue weighted by Gasteiger charge is -2.26. The fraction of sp³-hybridized carbons (Fsp3) is 0.385. The molecule has 1 N–H and O–H groups in total. The molecule has 0 radical (unpaired) electrons. The van der Waals surface area contributed by atoms with Crippen LogP contribution in [0.3, 0.4) is 0 Å². The highest BCUT2D eigenvalue weighted by Gasteiger charge is 2.30. The summed E-state index contributed by atoms with van der Waals surface area (Å²) in [5, 5.41) is 6.93. The zero-order valence-electron chi connectivity index (χ0n) is 11.1. The largest absolute Gasteiger partial charge is 0.343 e. The van der Waals surface area contributed by atoms with Gasteiger partial charge in [-0.05, 0) is 30.2 Å². The zero-order valence-corrected chi connectivity index (χ0v) is 11.9. The van der Waals surface area contributed by atoms with Crippen molar-refractivity contribution < 1.29 is 17.3 Å². The first-order valence-corrected chi connectivity index (χ1v) is 8.22. The highest BCUT2D eigenvalue weighted by Crippen LogP contribution is 2.32. The minimum Gasteiger partial charge on any atom is -0.343 e. The van der Waals surface area contributed by atoms with Crippen LogP contribution in [0.25, 0.3) is 0 Å². The third-order valence-electron chi connectivity index (χ3n) is 3.50. The molecule has 0 spiro atoms. The van der Waals surface area contributed by atoms with E-state index in [1.807, 2.05) is 0 Å². The molecule has 8 heteroatoms. The van der Waals surface area contributed by atoms with Gasteiger partial charge in [-0.3, -0.25) is 0 Å². The van der Waals surface area contributed by atoms with Crippen LogP contribution < -0.4 is 5.32 Å². The van der Waals surface area contributed by atoms with Gasteiger partial charge in [-0.25, -0.2) is 12.8 Å². The predicted molar refractivity (Wildman–Crippen MR) is 71.8 cm³/mol. The van der Waals surface area contributed by atoms with Crippen molar-refractivity contribution in [1.82, 2.24) is 15.5 Å². The second-order valence-corrected chi connectivity index (χ2v) is 6.97. The van der Waals surface area contributed by atoms with Crippen molar-refractivity contribution in [1.29, 1.82) is 0 Å². The Labute approximate surface area is 121 Å². The van der Waals surface area contributed by atoms with Gasteiger partial charge in [0.2, 0.25) is 6.39 Å². The summed E-state index contributed by atoms with van der Waals surface area (Å²) in [5.74, 6) is 0.201. The Morgan fingerprint density at radius 3 is 3.05 bits per heavy atom. The molecule has 2 aromatic rings. The average Bonchev–Trinajstić information content (AvgIpc) is 2.94. The van der Waals surface area contributed by atoms with Gasteiger partial charge in [-0.15, -0.1) is 0 Å². The minimum atomic E-state index is -3.31. The maximum atomic E-state index is 13.4. The molecule has 0 saturated heterocycles. The van der Waals surface area contributed by atoms with Gasteiger partial charge in [0.05, 0.1) is 10.6 Å². The first-order valence-electron chi connectivity index (χ1n) is 6.57. The highest BCUT2D eigenvalue weighted by atomic mass is 32.2. The van der Waals surface area contributed by atoms with Crippen LogP contribution >= 0.6 is 0 Å². The van der Waals surface area contributed by atoms with E-state index in [0.29, 0.717) is 30.8 Å². The van der Waals surface area contributed by atoms with Gasteiger partial charge in [0.15, 0.2) is 15.7 Å². The maximum Gasteiger partial charge on any atom is 0.213 e. The van der Waals surface area contributed by atoms with Crippen molar-refractivity contribution in [2.24, 2.45) is 0 Å². The summed E-state index contributed by atoms with van der Waals surface area (Å²) in [7, 11) is -3.31. The van der Waals surface area contributed by atoms with Gasteiger partial charge < -0.3 is 9.84 Å². The van der Waals surface area contributed by atoms with Crippen molar-refractivity contribution in [2.45, 2.75) is 23.8 Å². The Balaban J connectivity index is 1.76. The normalized spacial score (nSPS) is 20.1. The number of nitrogens with zero attached hydrogens (tertiary/aromatic N) is 2. The zero-order chi connectivity index (χ0) is 14.9. The third-order valence-corrected chi connectivity index (χ3v) is 5.32. The SMILES string of the molecule is O=S1(=O)CCC(NCCc2ncon2)c2cc(F)ccc21. The van der Waals surface area contributed by atoms with E-state index in [1.165, 1.54) is 24.6 Å². The molecule has 0 amide bonds. The number of hydrogen-bond donors (Lipinski definition) is 1. The van der Waals surface area contributed by atoms with Crippen LogP contribution in [-0.4, -0.2) is 30.9 Å². The lowest BCUT2D eigenvalue weighted by Crippen LogP contribution is -2.31. The summed E-state index contributed by atoms with van der Waals surface area (Å²) in [4.78, 5) is 4.12. The molecule has 0 bridgehead atoms. The lowest BCUT2D eigenvalue weighted by molar-refractivity contribution is 0.407. The maximum absolute atomic E-state index is 13.4. The van der Waals surface area contributed by atoms with Crippen molar-refractivity contribution in [3.63, 3.8) is 0 Å². The summed E-state index contributed by atoms with van der Waals surface area (Å²) in [5.41, 5.74) is 0.495. The standard InChI is InChI=1S/C13H14FN3O3S/c14-9-1-2-12-10(7-9)11(4-6-21(12,18)19)15-5-3-13-16-8-20-17-13/h1-2,7-8,11,15H,3-6H2. The molecule has 0 saturated carbocycles. The monoisotopic (exact) mass is 311 g/mol. The van der Waals surface area contributed by atoms with E-state index in [0.717, 1.165) is 0 Å². The third kappa shape index (κ3) is 2.96. The summed E-state index contributed by atoms with van der Waals surface area (Å²) in [6.07, 6.45) is 2.24. The van der Waals surface area contributed by atoms with Crippen LogP contribution in [0.2, 0.25) is 0 Å². The van der Waals surface area contributed by atoms with Crippen LogP contribution in [0.4, 0.5) is 4.39 Å². The summed E-state index contributed by atoms with van der Waals surface area (Å²) in [6, 6.07) is 3.62. The minimum absolute atomic E-state index is 0.0610. The smallest absolute Gasteiger partial charge is 0.213 e. The molecule has 1 atom stereocenters. The molecule has 0 fully saturated rings. The topological polar surface area (TPSA) is 85.1 Å². The van der Waals surface area contributed by atoms with E-state index in [-0.39, 0.29) is 16.7 Å². The molecule has 2 heterocycles. The number of aromatic nitrogens is 2. The van der Waals surface area contributed by atoms with E-state index >= 15 is 0 Å². The highest BCUT2D eigenvalue weighted by molar-refractivity contribution is 7.91. The Bertz CT molecular complexity index is 731. The molecule has 6 nitrogen and oxygen atoms in total. The number of hydrogen-bond acceptors (Lipinski definition) is 6. The van der Waals surface area contributed by atoms with Gasteiger partial charge in [0.25, 0.3) is 0 Å². The molecule has 1 unspecified atom stereocenters. The summed E-state index contributed by atoms with van der Waals surface area (Å²) >= 11 is 0. The van der Waals surface area contributed by atoms with E-state index in [4.69, 9.17) is 0 Å². The molecule has 1 aromatic carbocycles. The molecule has 1 aliphatic rings. The molecular formula is C13H14FN3O3S. The van der Waals surface area contributed by atoms with Crippen LogP contribution in [0.15, 0.2) is 34.0 Å². The van der Waals surface area contributed by atoms with Crippen LogP contribution in [0, 0.1) is 5.82 Å². The van der Waals surface area contributed by atoms with Gasteiger partial charge in [0, 0.05) is 19.0 Å². The van der Waals surface area contributed by atoms with Gasteiger partial charge >= 0.3 is 0 Å². The number of halogens is 1. The predicted octanol–water partition coefficient (Wildman–Crippen LogP) is 1.26. The molecule has 3 rings (SSSR count). The molecule has 0 aliphatic carbocycles. The van der Waals surface area contributed by atoms with Crippen LogP contribution in [-0.2, 0) is 16.3 Å². The number of nitrogens with one attached hydrogen (secondary N) is 1. The van der Waals surface area contributed by atoms with Gasteiger partial charge in [-0.1, -0.05) is 5.16 Å². The van der Waals surface area contributed by atoms with Crippen molar-refractivity contribution in [3.05, 3.63) is 41.8 Å². The van der Waals surface area contributed by atoms with Gasteiger partial charge in [0.1, 0.15) is 5.82 Å². The van der Waals surface area contributed by atoms with Crippen molar-refractivity contribution >= 4 is 9.84 Å². The Hall–Kier alpha value is -1.80. The molecule has 1 aliphatic heterocycles. The lowest BCUT2D eigenvalue weighted by atomic mass is 10.0. The summed E-state index contributed by atoms with van der Waals surface area (Å²) < 4.78 is 42.1. The van der Waals surface area contributed by atoms with E-state index < -0.39 is 15.7 Å². The molecular weight excluding hydrogens is 297 g/mol. The fourth-order valence-corrected chi connectivity index (χ4v) is 4.09. The first-order chi connectivity index (χ1) is 10.1. The first kappa shape index (κ1) is 14.2. The van der Waals surface area contributed by atoms with Crippen molar-refractivity contribution in [3.8, 4) is 0 Å². The number of benzene rings is 1. The van der Waals surface area contributed by atoms with E-state index in [1.54, 1.807) is 0 Å². The molecule has 112 valence electrons. The number of rotatable bonds is 4. The Kier molecular flexibility index (Phi) is 3.73. The average molecular weight is 311 g/mol. The van der Waals surface area contributed by atoms with E-state index in [2.05, 4.69) is 20.0 Å². The second kappa shape index (κ2) is 5.53. The Morgan fingerprint density at radius 2 is 2.29 bits per heavy atom. The van der Waals surface area contributed by atoms with Crippen molar-refractivity contribution in [2.75, 3.05) is 12.3 Å². The van der Waals surface area contributed by atoms with Crippen LogP contribution in [0.5, 0.6) is 0 Å². The Morgan fingerprint density at radius 1 is 1.43 bits per heavy atom. The quantitative estimate of drug-likeness (QED) is 0.856. The van der Waals surface area contributed by atoms with E-state index in [9.17, 15) is 12.8 Å². The second-order valence-electron chi connectivity index (χ2n) is 4.89. The number of sulfone groups is 1. The molecule has 21 heavy (non-hydrogen) atoms. The van der Waals surface area contributed by atoms with Gasteiger partial charge in [-0.2, -0.15) is 4.98 Å². The van der Waals surface area contributed by atoms with Crippen LogP contribution in [0.1, 0.15) is 23.9 Å². The fourth-order valence-electron chi connectivity index (χ4n) is 2.49. The molecule has 1 aromatic heterocycles. The summed E-state index contributed by atoms with van der Waals surface area (Å²) in [6.45, 7) is 0.556. The number of fused-ring (bicyclic) bond motifs is 1.